The molecule has 106 valence electrons. The number of hydrogen-bond donors (Lipinski definition) is 1. The molecule has 0 unspecified atom stereocenters. The quantitative estimate of drug-likeness (QED) is 0.844. The third-order valence-corrected chi connectivity index (χ3v) is 3.83. The molecular weight excluding hydrogens is 313 g/mol. The van der Waals surface area contributed by atoms with Gasteiger partial charge in [0, 0.05) is 16.4 Å². The fourth-order valence-electron chi connectivity index (χ4n) is 1.22. The molecule has 0 aromatic heterocycles. The molecule has 0 aliphatic rings. The number of amides is 1. The first-order valence-electron chi connectivity index (χ1n) is 5.36. The molecule has 8 heteroatoms. The van der Waals surface area contributed by atoms with Gasteiger partial charge in [0.1, 0.15) is 11.5 Å². The summed E-state index contributed by atoms with van der Waals surface area (Å²) in [6.45, 7) is 3.53. The Hall–Kier alpha value is -0.820. The van der Waals surface area contributed by atoms with Crippen molar-refractivity contribution >= 4 is 42.9 Å². The van der Waals surface area contributed by atoms with Gasteiger partial charge >= 0.3 is 0 Å². The fraction of sp³-hybridized carbons (Fsp3) is 0.364. The standard InChI is InChI=1S/C11H13Cl2NO4S/c1-7(2)18-6-11(15)14-8-3-4-10(9(12)5-8)19(13,16)17/h3-5,7H,6H2,1-2H3,(H,14,15). The van der Waals surface area contributed by atoms with Gasteiger partial charge in [0.25, 0.3) is 9.05 Å². The zero-order valence-corrected chi connectivity index (χ0v) is 12.6. The lowest BCUT2D eigenvalue weighted by Gasteiger charge is -2.09. The number of carbonyl (C=O) groups excluding carboxylic acids is 1. The van der Waals surface area contributed by atoms with E-state index >= 15 is 0 Å². The summed E-state index contributed by atoms with van der Waals surface area (Å²) in [6.07, 6.45) is -0.0573. The van der Waals surface area contributed by atoms with Gasteiger partial charge in [-0.1, -0.05) is 11.6 Å². The second-order valence-corrected chi connectivity index (χ2v) is 6.93. The zero-order chi connectivity index (χ0) is 14.6. The van der Waals surface area contributed by atoms with Crippen LogP contribution in [0.15, 0.2) is 23.1 Å². The normalized spacial score (nSPS) is 11.6. The minimum Gasteiger partial charge on any atom is -0.369 e. The number of nitrogens with one attached hydrogen (secondary N) is 1. The lowest BCUT2D eigenvalue weighted by atomic mass is 10.3. The molecule has 0 atom stereocenters. The van der Waals surface area contributed by atoms with Gasteiger partial charge < -0.3 is 10.1 Å². The lowest BCUT2D eigenvalue weighted by molar-refractivity contribution is -0.121. The second kappa shape index (κ2) is 6.56. The Balaban J connectivity index is 2.77. The van der Waals surface area contributed by atoms with Gasteiger partial charge in [-0.25, -0.2) is 8.42 Å². The van der Waals surface area contributed by atoms with E-state index in [2.05, 4.69) is 5.32 Å². The van der Waals surface area contributed by atoms with E-state index in [1.807, 2.05) is 13.8 Å². The first-order chi connectivity index (χ1) is 8.70. The molecule has 0 heterocycles. The summed E-state index contributed by atoms with van der Waals surface area (Å²) in [5.41, 5.74) is 0.367. The van der Waals surface area contributed by atoms with Crippen LogP contribution in [0.25, 0.3) is 0 Å². The first kappa shape index (κ1) is 16.2. The van der Waals surface area contributed by atoms with Crippen molar-refractivity contribution in [3.63, 3.8) is 0 Å². The number of benzene rings is 1. The van der Waals surface area contributed by atoms with Gasteiger partial charge in [-0.15, -0.1) is 0 Å². The minimum absolute atomic E-state index is 0.0573. The lowest BCUT2D eigenvalue weighted by Crippen LogP contribution is -2.20. The number of hydrogen-bond acceptors (Lipinski definition) is 4. The summed E-state index contributed by atoms with van der Waals surface area (Å²) in [5.74, 6) is -0.355. The molecule has 5 nitrogen and oxygen atoms in total. The van der Waals surface area contributed by atoms with E-state index in [1.165, 1.54) is 18.2 Å². The number of halogens is 2. The zero-order valence-electron chi connectivity index (χ0n) is 10.3. The molecule has 0 aliphatic heterocycles. The van der Waals surface area contributed by atoms with Crippen molar-refractivity contribution < 1.29 is 17.9 Å². The molecule has 0 saturated carbocycles. The van der Waals surface area contributed by atoms with Crippen LogP contribution in [0, 0.1) is 0 Å². The Bertz CT molecular complexity index is 572. The highest BCUT2D eigenvalue weighted by molar-refractivity contribution is 8.13. The SMILES string of the molecule is CC(C)OCC(=O)Nc1ccc(S(=O)(=O)Cl)c(Cl)c1. The summed E-state index contributed by atoms with van der Waals surface area (Å²) in [7, 11) is 1.29. The Morgan fingerprint density at radius 1 is 1.42 bits per heavy atom. The molecule has 1 aromatic carbocycles. The van der Waals surface area contributed by atoms with E-state index in [-0.39, 0.29) is 28.5 Å². The van der Waals surface area contributed by atoms with Crippen LogP contribution >= 0.6 is 22.3 Å². The molecule has 0 saturated heterocycles. The van der Waals surface area contributed by atoms with Crippen molar-refractivity contribution in [2.45, 2.75) is 24.8 Å². The smallest absolute Gasteiger partial charge is 0.262 e. The summed E-state index contributed by atoms with van der Waals surface area (Å²) >= 11 is 5.78. The summed E-state index contributed by atoms with van der Waals surface area (Å²) in [6, 6.07) is 3.93. The van der Waals surface area contributed by atoms with Crippen LogP contribution in [0.3, 0.4) is 0 Å². The Kier molecular flexibility index (Phi) is 5.61. The van der Waals surface area contributed by atoms with Crippen LogP contribution in [0.5, 0.6) is 0 Å². The van der Waals surface area contributed by atoms with Gasteiger partial charge in [0.15, 0.2) is 0 Å². The van der Waals surface area contributed by atoms with Crippen molar-refractivity contribution in [1.82, 2.24) is 0 Å². The van der Waals surface area contributed by atoms with Crippen molar-refractivity contribution in [2.75, 3.05) is 11.9 Å². The van der Waals surface area contributed by atoms with E-state index in [0.717, 1.165) is 0 Å². The molecule has 0 bridgehead atoms. The molecule has 1 N–H and O–H groups in total. The Morgan fingerprint density at radius 2 is 2.05 bits per heavy atom. The molecule has 1 amide bonds. The molecule has 0 radical (unpaired) electrons. The molecule has 19 heavy (non-hydrogen) atoms. The van der Waals surface area contributed by atoms with Gasteiger partial charge in [-0.05, 0) is 32.0 Å². The number of rotatable bonds is 5. The largest absolute Gasteiger partial charge is 0.369 e. The molecule has 1 aromatic rings. The Morgan fingerprint density at radius 3 is 2.53 bits per heavy atom. The highest BCUT2D eigenvalue weighted by Gasteiger charge is 2.15. The first-order valence-corrected chi connectivity index (χ1v) is 8.04. The second-order valence-electron chi connectivity index (χ2n) is 3.99. The highest BCUT2D eigenvalue weighted by atomic mass is 35.7. The monoisotopic (exact) mass is 325 g/mol. The maximum Gasteiger partial charge on any atom is 0.262 e. The average Bonchev–Trinajstić information content (AvgIpc) is 2.24. The van der Waals surface area contributed by atoms with E-state index < -0.39 is 9.05 Å². The third-order valence-electron chi connectivity index (χ3n) is 2.03. The summed E-state index contributed by atoms with van der Waals surface area (Å²) in [4.78, 5) is 11.3. The predicted octanol–water partition coefficient (Wildman–Crippen LogP) is 2.63. The van der Waals surface area contributed by atoms with Crippen LogP contribution in [0.4, 0.5) is 5.69 Å². The molecule has 0 fully saturated rings. The summed E-state index contributed by atoms with van der Waals surface area (Å²) in [5, 5.41) is 2.47. The van der Waals surface area contributed by atoms with E-state index in [9.17, 15) is 13.2 Å². The number of ether oxygens (including phenoxy) is 1. The fourth-order valence-corrected chi connectivity index (χ4v) is 2.75. The van der Waals surface area contributed by atoms with E-state index in [1.54, 1.807) is 0 Å². The topological polar surface area (TPSA) is 72.5 Å². The maximum absolute atomic E-state index is 11.5. The highest BCUT2D eigenvalue weighted by Crippen LogP contribution is 2.27. The van der Waals surface area contributed by atoms with Gasteiger partial charge in [-0.2, -0.15) is 0 Å². The third kappa shape index (κ3) is 5.36. The van der Waals surface area contributed by atoms with Crippen LogP contribution in [-0.4, -0.2) is 27.0 Å². The van der Waals surface area contributed by atoms with Crippen LogP contribution in [-0.2, 0) is 18.6 Å². The number of carbonyl (C=O) groups is 1. The van der Waals surface area contributed by atoms with Gasteiger partial charge in [0.2, 0.25) is 5.91 Å². The van der Waals surface area contributed by atoms with E-state index in [4.69, 9.17) is 27.0 Å². The molecule has 0 aliphatic carbocycles. The average molecular weight is 326 g/mol. The van der Waals surface area contributed by atoms with Crippen LogP contribution in [0.2, 0.25) is 5.02 Å². The maximum atomic E-state index is 11.5. The van der Waals surface area contributed by atoms with Gasteiger partial charge in [0.05, 0.1) is 11.1 Å². The van der Waals surface area contributed by atoms with E-state index in [0.29, 0.717) is 5.69 Å². The van der Waals surface area contributed by atoms with Crippen molar-refractivity contribution in [2.24, 2.45) is 0 Å². The predicted molar refractivity (Wildman–Crippen MR) is 74.2 cm³/mol. The minimum atomic E-state index is -3.90. The van der Waals surface area contributed by atoms with Gasteiger partial charge in [-0.3, -0.25) is 4.79 Å². The molecular formula is C11H13Cl2NO4S. The molecule has 1 rings (SSSR count). The van der Waals surface area contributed by atoms with Crippen molar-refractivity contribution in [3.05, 3.63) is 23.2 Å². The van der Waals surface area contributed by atoms with Crippen molar-refractivity contribution in [1.29, 1.82) is 0 Å². The van der Waals surface area contributed by atoms with Crippen LogP contribution < -0.4 is 5.32 Å². The summed E-state index contributed by atoms with van der Waals surface area (Å²) < 4.78 is 27.4. The number of anilines is 1. The Labute approximate surface area is 121 Å². The molecule has 0 spiro atoms. The van der Waals surface area contributed by atoms with Crippen LogP contribution in [0.1, 0.15) is 13.8 Å². The van der Waals surface area contributed by atoms with Crippen molar-refractivity contribution in [3.8, 4) is 0 Å².